The number of anilines is 1. The number of aromatic nitrogens is 3. The van der Waals surface area contributed by atoms with Gasteiger partial charge in [-0.1, -0.05) is 6.07 Å². The van der Waals surface area contributed by atoms with E-state index < -0.39 is 31.1 Å². The Morgan fingerprint density at radius 1 is 1.24 bits per heavy atom. The minimum Gasteiger partial charge on any atom is -0.367 e. The first kappa shape index (κ1) is 22.7. The number of halogens is 4. The standard InChI is InChI=1S/C23H20F4N4O2/c24-20-9-15(13-33-14-23(25,26)27)1-5-21(20)30-22(32)6-2-16-10-28-8-7-19(16)17-11-29-31(12-17)18-3-4-18/h1-2,5-12,18H,3-4,13-14H2,(H,30,32)/b6-2+. The summed E-state index contributed by atoms with van der Waals surface area (Å²) < 4.78 is 57.1. The van der Waals surface area contributed by atoms with Crippen LogP contribution in [0.25, 0.3) is 17.2 Å². The fraction of sp³-hybridized carbons (Fsp3) is 0.261. The van der Waals surface area contributed by atoms with Gasteiger partial charge in [-0.05, 0) is 48.2 Å². The highest BCUT2D eigenvalue weighted by Gasteiger charge is 2.27. The highest BCUT2D eigenvalue weighted by molar-refractivity contribution is 6.02. The number of carbonyl (C=O) groups is 1. The molecule has 0 radical (unpaired) electrons. The van der Waals surface area contributed by atoms with Gasteiger partial charge in [0, 0.05) is 35.8 Å². The zero-order chi connectivity index (χ0) is 23.4. The van der Waals surface area contributed by atoms with E-state index in [1.54, 1.807) is 24.7 Å². The summed E-state index contributed by atoms with van der Waals surface area (Å²) in [4.78, 5) is 16.4. The topological polar surface area (TPSA) is 69.0 Å². The molecule has 10 heteroatoms. The molecule has 1 aliphatic carbocycles. The summed E-state index contributed by atoms with van der Waals surface area (Å²) in [5.41, 5.74) is 2.58. The number of pyridine rings is 1. The fourth-order valence-electron chi connectivity index (χ4n) is 3.19. The van der Waals surface area contributed by atoms with E-state index in [-0.39, 0.29) is 11.3 Å². The van der Waals surface area contributed by atoms with Crippen molar-refractivity contribution in [3.05, 3.63) is 72.1 Å². The number of hydrogen-bond donors (Lipinski definition) is 1. The molecule has 0 aliphatic heterocycles. The Hall–Kier alpha value is -3.53. The van der Waals surface area contributed by atoms with Crippen LogP contribution >= 0.6 is 0 Å². The molecule has 1 fully saturated rings. The van der Waals surface area contributed by atoms with Crippen molar-refractivity contribution < 1.29 is 27.1 Å². The Balaban J connectivity index is 1.39. The molecule has 0 atom stereocenters. The molecule has 0 spiro atoms. The number of carbonyl (C=O) groups excluding carboxylic acids is 1. The lowest BCUT2D eigenvalue weighted by Gasteiger charge is -2.09. The second-order valence-electron chi connectivity index (χ2n) is 7.65. The highest BCUT2D eigenvalue weighted by atomic mass is 19.4. The van der Waals surface area contributed by atoms with Crippen LogP contribution < -0.4 is 5.32 Å². The number of amides is 1. The predicted molar refractivity (Wildman–Crippen MR) is 114 cm³/mol. The van der Waals surface area contributed by atoms with E-state index in [2.05, 4.69) is 20.1 Å². The van der Waals surface area contributed by atoms with E-state index in [0.717, 1.165) is 30.0 Å². The van der Waals surface area contributed by atoms with E-state index >= 15 is 0 Å². The second-order valence-corrected chi connectivity index (χ2v) is 7.65. The Morgan fingerprint density at radius 3 is 2.79 bits per heavy atom. The Kier molecular flexibility index (Phi) is 6.55. The van der Waals surface area contributed by atoms with Gasteiger partial charge < -0.3 is 10.1 Å². The van der Waals surface area contributed by atoms with E-state index in [4.69, 9.17) is 0 Å². The first-order valence-corrected chi connectivity index (χ1v) is 10.2. The van der Waals surface area contributed by atoms with Crippen LogP contribution in [0, 0.1) is 5.82 Å². The summed E-state index contributed by atoms with van der Waals surface area (Å²) in [6, 6.07) is 5.95. The largest absolute Gasteiger partial charge is 0.411 e. The summed E-state index contributed by atoms with van der Waals surface area (Å²) in [6.45, 7) is -1.82. The summed E-state index contributed by atoms with van der Waals surface area (Å²) in [5.74, 6) is -1.35. The molecule has 33 heavy (non-hydrogen) atoms. The normalized spacial score (nSPS) is 14.1. The van der Waals surface area contributed by atoms with Gasteiger partial charge in [0.2, 0.25) is 5.91 Å². The van der Waals surface area contributed by atoms with Crippen LogP contribution in [0.5, 0.6) is 0 Å². The van der Waals surface area contributed by atoms with Crippen LogP contribution in [0.15, 0.2) is 55.1 Å². The minimum absolute atomic E-state index is 0.0960. The lowest BCUT2D eigenvalue weighted by molar-refractivity contribution is -0.176. The summed E-state index contributed by atoms with van der Waals surface area (Å²) >= 11 is 0. The molecule has 2 heterocycles. The van der Waals surface area contributed by atoms with Gasteiger partial charge in [-0.25, -0.2) is 4.39 Å². The third-order valence-corrected chi connectivity index (χ3v) is 4.93. The molecule has 0 unspecified atom stereocenters. The molecule has 6 nitrogen and oxygen atoms in total. The number of hydrogen-bond acceptors (Lipinski definition) is 4. The molecule has 1 aromatic carbocycles. The third-order valence-electron chi connectivity index (χ3n) is 4.93. The molecule has 1 aliphatic rings. The maximum Gasteiger partial charge on any atom is 0.411 e. The van der Waals surface area contributed by atoms with Crippen LogP contribution in [-0.2, 0) is 16.1 Å². The predicted octanol–water partition coefficient (Wildman–Crippen LogP) is 5.15. The quantitative estimate of drug-likeness (QED) is 0.373. The van der Waals surface area contributed by atoms with Gasteiger partial charge in [0.1, 0.15) is 12.4 Å². The molecule has 0 bridgehead atoms. The van der Waals surface area contributed by atoms with Gasteiger partial charge >= 0.3 is 6.18 Å². The van der Waals surface area contributed by atoms with Gasteiger partial charge in [-0.3, -0.25) is 14.5 Å². The molecule has 3 aromatic rings. The average molecular weight is 460 g/mol. The van der Waals surface area contributed by atoms with Crippen molar-refractivity contribution in [3.8, 4) is 11.1 Å². The van der Waals surface area contributed by atoms with Gasteiger partial charge in [-0.15, -0.1) is 0 Å². The number of ether oxygens (including phenoxy) is 1. The summed E-state index contributed by atoms with van der Waals surface area (Å²) in [6.07, 6.45) is 7.59. The van der Waals surface area contributed by atoms with Crippen LogP contribution in [0.2, 0.25) is 0 Å². The molecule has 1 amide bonds. The van der Waals surface area contributed by atoms with Crippen LogP contribution in [0.4, 0.5) is 23.2 Å². The molecule has 1 N–H and O–H groups in total. The molecule has 4 rings (SSSR count). The minimum atomic E-state index is -4.45. The maximum absolute atomic E-state index is 14.3. The van der Waals surface area contributed by atoms with Crippen molar-refractivity contribution in [2.45, 2.75) is 31.7 Å². The molecular weight excluding hydrogens is 440 g/mol. The van der Waals surface area contributed by atoms with Crippen molar-refractivity contribution >= 4 is 17.7 Å². The second kappa shape index (κ2) is 9.53. The first-order chi connectivity index (χ1) is 15.8. The Labute approximate surface area is 186 Å². The number of alkyl halides is 3. The highest BCUT2D eigenvalue weighted by Crippen LogP contribution is 2.35. The number of benzene rings is 1. The monoisotopic (exact) mass is 460 g/mol. The van der Waals surface area contributed by atoms with Crippen molar-refractivity contribution in [1.29, 1.82) is 0 Å². The molecule has 1 saturated carbocycles. The van der Waals surface area contributed by atoms with Crippen molar-refractivity contribution in [3.63, 3.8) is 0 Å². The molecular formula is C23H20F4N4O2. The Bertz CT molecular complexity index is 1170. The zero-order valence-corrected chi connectivity index (χ0v) is 17.3. The maximum atomic E-state index is 14.3. The smallest absolute Gasteiger partial charge is 0.367 e. The number of nitrogens with one attached hydrogen (secondary N) is 1. The zero-order valence-electron chi connectivity index (χ0n) is 17.3. The van der Waals surface area contributed by atoms with Gasteiger partial charge in [0.15, 0.2) is 0 Å². The SMILES string of the molecule is O=C(/C=C/c1cnccc1-c1cnn(C2CC2)c1)Nc1ccc(COCC(F)(F)F)cc1F. The van der Waals surface area contributed by atoms with Crippen LogP contribution in [0.1, 0.15) is 30.0 Å². The Morgan fingerprint density at radius 2 is 2.06 bits per heavy atom. The summed E-state index contributed by atoms with van der Waals surface area (Å²) in [5, 5.41) is 6.80. The lowest BCUT2D eigenvalue weighted by Crippen LogP contribution is -2.16. The molecule has 172 valence electrons. The lowest BCUT2D eigenvalue weighted by atomic mass is 10.0. The van der Waals surface area contributed by atoms with Crippen molar-refractivity contribution in [1.82, 2.24) is 14.8 Å². The van der Waals surface area contributed by atoms with Crippen LogP contribution in [0.3, 0.4) is 0 Å². The van der Waals surface area contributed by atoms with Crippen LogP contribution in [-0.4, -0.2) is 33.5 Å². The number of nitrogens with zero attached hydrogens (tertiary/aromatic N) is 3. The van der Waals surface area contributed by atoms with Gasteiger partial charge in [0.25, 0.3) is 0 Å². The number of rotatable bonds is 8. The van der Waals surface area contributed by atoms with E-state index in [1.807, 2.05) is 16.9 Å². The average Bonchev–Trinajstić information content (AvgIpc) is 3.50. The third kappa shape index (κ3) is 6.26. The summed E-state index contributed by atoms with van der Waals surface area (Å²) in [7, 11) is 0. The van der Waals surface area contributed by atoms with Gasteiger partial charge in [-0.2, -0.15) is 18.3 Å². The van der Waals surface area contributed by atoms with E-state index in [0.29, 0.717) is 11.6 Å². The van der Waals surface area contributed by atoms with Gasteiger partial charge in [0.05, 0.1) is 24.5 Å². The van der Waals surface area contributed by atoms with E-state index in [1.165, 1.54) is 18.2 Å². The van der Waals surface area contributed by atoms with E-state index in [9.17, 15) is 22.4 Å². The molecule has 2 aromatic heterocycles. The first-order valence-electron chi connectivity index (χ1n) is 10.2. The molecule has 0 saturated heterocycles. The fourth-order valence-corrected chi connectivity index (χ4v) is 3.19. The van der Waals surface area contributed by atoms with Crippen molar-refractivity contribution in [2.24, 2.45) is 0 Å². The van der Waals surface area contributed by atoms with Crippen molar-refractivity contribution in [2.75, 3.05) is 11.9 Å².